The number of nitrogens with one attached hydrogen (secondary N) is 2. The van der Waals surface area contributed by atoms with E-state index in [1.54, 1.807) is 7.11 Å². The number of hydrogen-bond acceptors (Lipinski definition) is 7. The molecule has 5 rings (SSSR count). The molecule has 1 aromatic heterocycles. The molecule has 2 unspecified atom stereocenters. The summed E-state index contributed by atoms with van der Waals surface area (Å²) < 4.78 is 47.4. The van der Waals surface area contributed by atoms with Crippen LogP contribution in [0, 0.1) is 11.6 Å². The lowest BCUT2D eigenvalue weighted by atomic mass is 9.88. The predicted octanol–water partition coefficient (Wildman–Crippen LogP) is 2.68. The van der Waals surface area contributed by atoms with Crippen LogP contribution in [-0.2, 0) is 22.4 Å². The van der Waals surface area contributed by atoms with Gasteiger partial charge in [0.15, 0.2) is 0 Å². The molecule has 2 aromatic carbocycles. The number of nitrogens with zero attached hydrogens (tertiary/aromatic N) is 2. The average molecular weight is 627 g/mol. The van der Waals surface area contributed by atoms with E-state index in [2.05, 4.69) is 10.6 Å². The van der Waals surface area contributed by atoms with Gasteiger partial charge in [0.25, 0.3) is 11.5 Å². The van der Waals surface area contributed by atoms with Gasteiger partial charge in [-0.1, -0.05) is 6.07 Å². The minimum atomic E-state index is -1.40. The number of aliphatic hydroxyl groups is 1. The summed E-state index contributed by atoms with van der Waals surface area (Å²) in [6, 6.07) is 7.66. The molecule has 4 atom stereocenters. The van der Waals surface area contributed by atoms with Crippen molar-refractivity contribution in [3.8, 4) is 11.5 Å². The number of methoxy groups -OCH3 is 3. The molecule has 3 N–H and O–H groups in total. The predicted molar refractivity (Wildman–Crippen MR) is 161 cm³/mol. The van der Waals surface area contributed by atoms with Crippen LogP contribution < -0.4 is 30.6 Å². The second-order valence-electron chi connectivity index (χ2n) is 11.1. The number of carbonyl (C=O) groups excluding carboxylic acids is 2. The number of fused-ring (bicyclic) bond motifs is 1. The lowest BCUT2D eigenvalue weighted by molar-refractivity contribution is -0.118. The van der Waals surface area contributed by atoms with Crippen LogP contribution in [-0.4, -0.2) is 74.8 Å². The average Bonchev–Trinajstić information content (AvgIpc) is 3.33. The Kier molecular flexibility index (Phi) is 9.68. The molecule has 0 bridgehead atoms. The summed E-state index contributed by atoms with van der Waals surface area (Å²) >= 11 is 0. The number of anilines is 1. The van der Waals surface area contributed by atoms with Crippen molar-refractivity contribution in [3.05, 3.63) is 87.3 Å². The second-order valence-corrected chi connectivity index (χ2v) is 11.1. The topological polar surface area (TPSA) is 131 Å². The van der Waals surface area contributed by atoms with Gasteiger partial charge in [0.2, 0.25) is 0 Å². The molecule has 1 saturated heterocycles. The van der Waals surface area contributed by atoms with Gasteiger partial charge in [-0.05, 0) is 54.7 Å². The summed E-state index contributed by atoms with van der Waals surface area (Å²) in [5.41, 5.74) is 1.09. The van der Waals surface area contributed by atoms with E-state index in [9.17, 15) is 19.5 Å². The van der Waals surface area contributed by atoms with E-state index >= 15 is 8.78 Å². The molecule has 0 spiro atoms. The molecular formula is C32H36F2N4O7. The number of pyridine rings is 1. The van der Waals surface area contributed by atoms with E-state index in [1.807, 2.05) is 18.2 Å². The number of aromatic nitrogens is 1. The van der Waals surface area contributed by atoms with E-state index in [0.717, 1.165) is 33.9 Å². The first-order chi connectivity index (χ1) is 21.7. The van der Waals surface area contributed by atoms with E-state index in [4.69, 9.17) is 14.2 Å². The molecule has 2 aliphatic rings. The Morgan fingerprint density at radius 2 is 1.76 bits per heavy atom. The number of aliphatic hydroxyl groups excluding tert-OH is 1. The molecule has 0 saturated carbocycles. The largest absolute Gasteiger partial charge is 0.497 e. The highest BCUT2D eigenvalue weighted by Gasteiger charge is 2.46. The minimum Gasteiger partial charge on any atom is -0.497 e. The Morgan fingerprint density at radius 1 is 1.02 bits per heavy atom. The first-order valence-corrected chi connectivity index (χ1v) is 14.6. The maximum Gasteiger partial charge on any atom is 0.315 e. The van der Waals surface area contributed by atoms with Gasteiger partial charge in [-0.2, -0.15) is 0 Å². The van der Waals surface area contributed by atoms with Crippen LogP contribution >= 0.6 is 0 Å². The maximum atomic E-state index is 15.4. The minimum absolute atomic E-state index is 0.0300. The van der Waals surface area contributed by atoms with Gasteiger partial charge in [-0.15, -0.1) is 0 Å². The molecule has 0 radical (unpaired) electrons. The van der Waals surface area contributed by atoms with Gasteiger partial charge >= 0.3 is 6.03 Å². The Labute approximate surface area is 258 Å². The summed E-state index contributed by atoms with van der Waals surface area (Å²) in [5, 5.41) is 15.4. The molecule has 1 aliphatic heterocycles. The van der Waals surface area contributed by atoms with Crippen molar-refractivity contribution in [1.82, 2.24) is 15.2 Å². The number of ether oxygens (including phenoxy) is 3. The number of benzene rings is 2. The molecule has 11 nitrogen and oxygen atoms in total. The number of halogens is 2. The molecule has 3 amide bonds. The smallest absolute Gasteiger partial charge is 0.315 e. The first kappa shape index (κ1) is 31.9. The molecule has 1 aliphatic carbocycles. The van der Waals surface area contributed by atoms with Crippen LogP contribution in [0.15, 0.2) is 53.5 Å². The van der Waals surface area contributed by atoms with Crippen LogP contribution in [0.4, 0.5) is 19.3 Å². The maximum absolute atomic E-state index is 15.4. The standard InChI is InChI=1S/C32H36F2N4O7/c1-43-17-21(16-39)37-10-4-5-27(30(37)40)38-15-24(28-25(33)13-23(45-3)14-26(28)34)29(31(38)41)36-32(42)35-20-8-6-19-12-22(44-2)9-7-18(19)11-20/h4-5,7,9-10,12-14,20-21,24,29,39H,6,8,11,15-17H2,1-3H3,(H2,35,36,42)/t20?,21?,24-,29-/m0/s1. The summed E-state index contributed by atoms with van der Waals surface area (Å²) in [4.78, 5) is 41.8. The van der Waals surface area contributed by atoms with Crippen LogP contribution in [0.1, 0.15) is 35.1 Å². The van der Waals surface area contributed by atoms with Gasteiger partial charge in [0.1, 0.15) is 34.9 Å². The third-order valence-electron chi connectivity index (χ3n) is 8.44. The van der Waals surface area contributed by atoms with Crippen LogP contribution in [0.3, 0.4) is 0 Å². The van der Waals surface area contributed by atoms with Crippen LogP contribution in [0.5, 0.6) is 11.5 Å². The number of amides is 3. The number of hydrogen-bond donors (Lipinski definition) is 3. The van der Waals surface area contributed by atoms with Crippen molar-refractivity contribution in [1.29, 1.82) is 0 Å². The monoisotopic (exact) mass is 626 g/mol. The summed E-state index contributed by atoms with van der Waals surface area (Å²) in [6.07, 6.45) is 3.35. The van der Waals surface area contributed by atoms with Crippen molar-refractivity contribution in [2.24, 2.45) is 0 Å². The molecule has 240 valence electrons. The molecule has 2 heterocycles. The molecular weight excluding hydrogens is 590 g/mol. The number of rotatable bonds is 10. The first-order valence-electron chi connectivity index (χ1n) is 14.6. The van der Waals surface area contributed by atoms with E-state index in [1.165, 1.54) is 37.1 Å². The van der Waals surface area contributed by atoms with E-state index < -0.39 is 59.3 Å². The third kappa shape index (κ3) is 6.50. The Hall–Kier alpha value is -4.49. The third-order valence-corrected chi connectivity index (χ3v) is 8.44. The van der Waals surface area contributed by atoms with Crippen molar-refractivity contribution in [2.45, 2.75) is 43.3 Å². The number of aryl methyl sites for hydroxylation is 1. The lowest BCUT2D eigenvalue weighted by Crippen LogP contribution is -2.51. The van der Waals surface area contributed by atoms with Gasteiger partial charge in [-0.3, -0.25) is 9.59 Å². The fourth-order valence-corrected chi connectivity index (χ4v) is 6.16. The second kappa shape index (κ2) is 13.7. The Bertz CT molecular complexity index is 1610. The fourth-order valence-electron chi connectivity index (χ4n) is 6.16. The van der Waals surface area contributed by atoms with Crippen molar-refractivity contribution in [2.75, 3.05) is 46.0 Å². The molecule has 1 fully saturated rings. The number of urea groups is 1. The van der Waals surface area contributed by atoms with Crippen LogP contribution in [0.2, 0.25) is 0 Å². The van der Waals surface area contributed by atoms with Gasteiger partial charge < -0.3 is 39.4 Å². The number of carbonyl (C=O) groups is 2. The summed E-state index contributed by atoms with van der Waals surface area (Å²) in [5.74, 6) is -3.11. The zero-order valence-corrected chi connectivity index (χ0v) is 25.2. The van der Waals surface area contributed by atoms with Gasteiger partial charge in [0.05, 0.1) is 33.5 Å². The SMILES string of the molecule is COCC(CO)n1cccc(N2C[C@@H](c3c(F)cc(OC)cc3F)[C@H](NC(=O)NC3CCc4cc(OC)ccc4C3)C2=O)c1=O. The Balaban J connectivity index is 1.43. The molecule has 3 aromatic rings. The zero-order valence-electron chi connectivity index (χ0n) is 25.2. The zero-order chi connectivity index (χ0) is 32.2. The highest BCUT2D eigenvalue weighted by atomic mass is 19.1. The lowest BCUT2D eigenvalue weighted by Gasteiger charge is -2.27. The van der Waals surface area contributed by atoms with Gasteiger partial charge in [-0.25, -0.2) is 13.6 Å². The van der Waals surface area contributed by atoms with Gasteiger partial charge in [0, 0.05) is 49.5 Å². The fraction of sp³-hybridized carbons (Fsp3) is 0.406. The highest BCUT2D eigenvalue weighted by molar-refractivity contribution is 6.02. The van der Waals surface area contributed by atoms with Crippen molar-refractivity contribution in [3.63, 3.8) is 0 Å². The summed E-state index contributed by atoms with van der Waals surface area (Å²) in [7, 11) is 4.30. The highest BCUT2D eigenvalue weighted by Crippen LogP contribution is 2.36. The molecule has 13 heteroatoms. The van der Waals surface area contributed by atoms with Crippen molar-refractivity contribution >= 4 is 17.6 Å². The molecule has 45 heavy (non-hydrogen) atoms. The normalized spacial score (nSPS) is 20.0. The quantitative estimate of drug-likeness (QED) is 0.316. The Morgan fingerprint density at radius 3 is 2.42 bits per heavy atom. The summed E-state index contributed by atoms with van der Waals surface area (Å²) in [6.45, 7) is -0.669. The van der Waals surface area contributed by atoms with E-state index in [0.29, 0.717) is 19.3 Å². The van der Waals surface area contributed by atoms with Crippen molar-refractivity contribution < 1.29 is 37.7 Å². The van der Waals surface area contributed by atoms with Crippen LogP contribution in [0.25, 0.3) is 0 Å². The van der Waals surface area contributed by atoms with E-state index in [-0.39, 0.29) is 30.6 Å².